The molecule has 2 heteroatoms. The van der Waals surface area contributed by atoms with Crippen LogP contribution < -0.4 is 0 Å². The average molecular weight is 640 g/mol. The molecule has 10 rings (SSSR count). The fourth-order valence-electron chi connectivity index (χ4n) is 7.63. The van der Waals surface area contributed by atoms with Gasteiger partial charge in [0.05, 0.1) is 10.2 Å². The standard InChI is InChI=1S/C47H29NS/c1-3-12-30(13-4-1)33-16-11-17-35(28-33)43-38-18-7-9-20-40(38)44(41-21-10-8-19-39(41)43)36-24-26-37-34(29-36)23-22-31-25-27-42-46(45(31)37)48-47(49-42)32-14-5-2-6-15-32/h1-29H. The van der Waals surface area contributed by atoms with Gasteiger partial charge < -0.3 is 0 Å². The molecule has 1 heterocycles. The summed E-state index contributed by atoms with van der Waals surface area (Å²) in [5.74, 6) is 0. The number of aromatic nitrogens is 1. The van der Waals surface area contributed by atoms with Crippen LogP contribution in [0.5, 0.6) is 0 Å². The van der Waals surface area contributed by atoms with Crippen LogP contribution in [-0.4, -0.2) is 4.98 Å². The second-order valence-electron chi connectivity index (χ2n) is 12.7. The van der Waals surface area contributed by atoms with Crippen LogP contribution in [0, 0.1) is 0 Å². The van der Waals surface area contributed by atoms with Gasteiger partial charge in [-0.2, -0.15) is 0 Å². The maximum atomic E-state index is 5.21. The molecule has 0 saturated heterocycles. The molecule has 0 aliphatic carbocycles. The Bertz CT molecular complexity index is 2810. The van der Waals surface area contributed by atoms with E-state index >= 15 is 0 Å². The smallest absolute Gasteiger partial charge is 0.124 e. The number of nitrogens with zero attached hydrogens (tertiary/aromatic N) is 1. The molecule has 0 bridgehead atoms. The Balaban J connectivity index is 1.20. The van der Waals surface area contributed by atoms with E-state index in [0.29, 0.717) is 0 Å². The molecule has 0 N–H and O–H groups in total. The van der Waals surface area contributed by atoms with Crippen molar-refractivity contribution in [1.82, 2.24) is 4.98 Å². The molecule has 0 amide bonds. The third kappa shape index (κ3) is 4.57. The molecule has 0 unspecified atom stereocenters. The number of fused-ring (bicyclic) bond motifs is 7. The van der Waals surface area contributed by atoms with Gasteiger partial charge in [-0.1, -0.05) is 158 Å². The Labute approximate surface area is 288 Å². The minimum atomic E-state index is 1.06. The monoisotopic (exact) mass is 639 g/mol. The van der Waals surface area contributed by atoms with Gasteiger partial charge in [0, 0.05) is 10.9 Å². The molecule has 49 heavy (non-hydrogen) atoms. The molecule has 228 valence electrons. The van der Waals surface area contributed by atoms with E-state index in [2.05, 4.69) is 176 Å². The van der Waals surface area contributed by atoms with Gasteiger partial charge in [-0.15, -0.1) is 11.3 Å². The minimum Gasteiger partial charge on any atom is -0.235 e. The molecule has 0 aliphatic rings. The van der Waals surface area contributed by atoms with E-state index in [9.17, 15) is 0 Å². The van der Waals surface area contributed by atoms with Crippen LogP contribution in [0.4, 0.5) is 0 Å². The molecule has 9 aromatic carbocycles. The predicted molar refractivity (Wildman–Crippen MR) is 211 cm³/mol. The first-order chi connectivity index (χ1) is 24.3. The molecule has 0 fully saturated rings. The lowest BCUT2D eigenvalue weighted by molar-refractivity contribution is 1.49. The quantitative estimate of drug-likeness (QED) is 0.138. The highest BCUT2D eigenvalue weighted by molar-refractivity contribution is 7.21. The van der Waals surface area contributed by atoms with E-state index < -0.39 is 0 Å². The molecular weight excluding hydrogens is 611 g/mol. The maximum absolute atomic E-state index is 5.21. The summed E-state index contributed by atoms with van der Waals surface area (Å²) in [4.78, 5) is 5.21. The second kappa shape index (κ2) is 11.3. The lowest BCUT2D eigenvalue weighted by atomic mass is 9.85. The van der Waals surface area contributed by atoms with E-state index in [1.54, 1.807) is 11.3 Å². The van der Waals surface area contributed by atoms with Crippen LogP contribution in [-0.2, 0) is 0 Å². The third-order valence-corrected chi connectivity index (χ3v) is 10.9. The highest BCUT2D eigenvalue weighted by atomic mass is 32.1. The summed E-state index contributed by atoms with van der Waals surface area (Å²) in [6.45, 7) is 0. The average Bonchev–Trinajstić information content (AvgIpc) is 3.62. The van der Waals surface area contributed by atoms with Gasteiger partial charge in [0.25, 0.3) is 0 Å². The van der Waals surface area contributed by atoms with Crippen LogP contribution in [0.25, 0.3) is 97.3 Å². The van der Waals surface area contributed by atoms with E-state index in [0.717, 1.165) is 16.1 Å². The molecular formula is C47H29NS. The number of benzene rings is 9. The zero-order chi connectivity index (χ0) is 32.3. The molecule has 10 aromatic rings. The SMILES string of the molecule is c1ccc(-c2cccc(-c3c4ccccc4c(-c4ccc5c(ccc6ccc7sc(-c8ccccc8)nc7c65)c4)c4ccccc34)c2)cc1. The Kier molecular flexibility index (Phi) is 6.43. The Morgan fingerprint density at radius 3 is 1.55 bits per heavy atom. The van der Waals surface area contributed by atoms with Crippen LogP contribution in [0.2, 0.25) is 0 Å². The van der Waals surface area contributed by atoms with Crippen molar-refractivity contribution in [3.05, 3.63) is 176 Å². The van der Waals surface area contributed by atoms with Gasteiger partial charge in [-0.25, -0.2) is 4.98 Å². The Morgan fingerprint density at radius 2 is 0.878 bits per heavy atom. The highest BCUT2D eigenvalue weighted by Crippen LogP contribution is 2.45. The van der Waals surface area contributed by atoms with Gasteiger partial charge >= 0.3 is 0 Å². The molecule has 0 radical (unpaired) electrons. The molecule has 0 saturated carbocycles. The molecule has 0 spiro atoms. The Morgan fingerprint density at radius 1 is 0.347 bits per heavy atom. The van der Waals surface area contributed by atoms with Crippen LogP contribution in [0.3, 0.4) is 0 Å². The maximum Gasteiger partial charge on any atom is 0.124 e. The Hall–Kier alpha value is -6.09. The molecule has 0 aliphatic heterocycles. The zero-order valence-corrected chi connectivity index (χ0v) is 27.4. The van der Waals surface area contributed by atoms with Gasteiger partial charge in [-0.3, -0.25) is 0 Å². The molecule has 1 aromatic heterocycles. The summed E-state index contributed by atoms with van der Waals surface area (Å²) in [6, 6.07) is 64.0. The summed E-state index contributed by atoms with van der Waals surface area (Å²) >= 11 is 1.76. The van der Waals surface area contributed by atoms with Crippen molar-refractivity contribution in [2.24, 2.45) is 0 Å². The minimum absolute atomic E-state index is 1.06. The summed E-state index contributed by atoms with van der Waals surface area (Å²) in [7, 11) is 0. The van der Waals surface area contributed by atoms with Crippen molar-refractivity contribution in [2.45, 2.75) is 0 Å². The van der Waals surface area contributed by atoms with Gasteiger partial charge in [0.1, 0.15) is 5.01 Å². The second-order valence-corrected chi connectivity index (χ2v) is 13.7. The van der Waals surface area contributed by atoms with Crippen LogP contribution >= 0.6 is 11.3 Å². The third-order valence-electron chi connectivity index (χ3n) is 9.86. The summed E-state index contributed by atoms with van der Waals surface area (Å²) in [5, 5.41) is 11.0. The van der Waals surface area contributed by atoms with Gasteiger partial charge in [0.2, 0.25) is 0 Å². The van der Waals surface area contributed by atoms with E-state index in [1.807, 2.05) is 0 Å². The lowest BCUT2D eigenvalue weighted by Crippen LogP contribution is -1.91. The summed E-state index contributed by atoms with van der Waals surface area (Å²) in [5.41, 5.74) is 9.69. The van der Waals surface area contributed by atoms with Gasteiger partial charge in [0.15, 0.2) is 0 Å². The normalized spacial score (nSPS) is 11.7. The van der Waals surface area contributed by atoms with E-state index in [1.165, 1.54) is 81.2 Å². The lowest BCUT2D eigenvalue weighted by Gasteiger charge is -2.18. The summed E-state index contributed by atoms with van der Waals surface area (Å²) < 4.78 is 1.21. The van der Waals surface area contributed by atoms with Crippen LogP contribution in [0.1, 0.15) is 0 Å². The van der Waals surface area contributed by atoms with Gasteiger partial charge in [-0.05, 0) is 89.3 Å². The van der Waals surface area contributed by atoms with E-state index in [4.69, 9.17) is 4.98 Å². The first kappa shape index (κ1) is 28.0. The zero-order valence-electron chi connectivity index (χ0n) is 26.6. The predicted octanol–water partition coefficient (Wildman–Crippen LogP) is 13.6. The van der Waals surface area contributed by atoms with Crippen LogP contribution in [0.15, 0.2) is 176 Å². The van der Waals surface area contributed by atoms with Crippen molar-refractivity contribution in [1.29, 1.82) is 0 Å². The fraction of sp³-hybridized carbons (Fsp3) is 0. The van der Waals surface area contributed by atoms with Crippen molar-refractivity contribution < 1.29 is 0 Å². The molecule has 0 atom stereocenters. The highest BCUT2D eigenvalue weighted by Gasteiger charge is 2.18. The first-order valence-corrected chi connectivity index (χ1v) is 17.5. The number of rotatable bonds is 4. The first-order valence-electron chi connectivity index (χ1n) is 16.7. The number of hydrogen-bond donors (Lipinski definition) is 0. The summed E-state index contributed by atoms with van der Waals surface area (Å²) in [6.07, 6.45) is 0. The largest absolute Gasteiger partial charge is 0.235 e. The van der Waals surface area contributed by atoms with Crippen molar-refractivity contribution in [3.8, 4) is 44.0 Å². The topological polar surface area (TPSA) is 12.9 Å². The number of hydrogen-bond acceptors (Lipinski definition) is 2. The molecule has 1 nitrogen and oxygen atoms in total. The van der Waals surface area contributed by atoms with Crippen molar-refractivity contribution in [2.75, 3.05) is 0 Å². The number of thiazole rings is 1. The van der Waals surface area contributed by atoms with Crippen molar-refractivity contribution >= 4 is 64.6 Å². The fourth-order valence-corrected chi connectivity index (χ4v) is 8.61. The van der Waals surface area contributed by atoms with Crippen molar-refractivity contribution in [3.63, 3.8) is 0 Å². The van der Waals surface area contributed by atoms with E-state index in [-0.39, 0.29) is 0 Å².